The SMILES string of the molecule is Cc1cc(C(=O)Nc2ccc(CNC(C)C)cc2)co1. The van der Waals surface area contributed by atoms with E-state index in [-0.39, 0.29) is 5.91 Å². The number of hydrogen-bond acceptors (Lipinski definition) is 3. The zero-order chi connectivity index (χ0) is 14.5. The third-order valence-corrected chi connectivity index (χ3v) is 2.92. The average molecular weight is 272 g/mol. The summed E-state index contributed by atoms with van der Waals surface area (Å²) in [6, 6.07) is 10.00. The lowest BCUT2D eigenvalue weighted by atomic mass is 10.2. The molecule has 4 nitrogen and oxygen atoms in total. The van der Waals surface area contributed by atoms with Crippen molar-refractivity contribution < 1.29 is 9.21 Å². The Morgan fingerprint density at radius 1 is 1.25 bits per heavy atom. The standard InChI is InChI=1S/C16H20N2O2/c1-11(2)17-9-13-4-6-15(7-5-13)18-16(19)14-8-12(3)20-10-14/h4-8,10-11,17H,9H2,1-3H3,(H,18,19). The molecular weight excluding hydrogens is 252 g/mol. The Labute approximate surface area is 119 Å². The summed E-state index contributed by atoms with van der Waals surface area (Å²) < 4.78 is 5.13. The highest BCUT2D eigenvalue weighted by molar-refractivity contribution is 6.04. The summed E-state index contributed by atoms with van der Waals surface area (Å²) in [5.74, 6) is 0.570. The van der Waals surface area contributed by atoms with Gasteiger partial charge in [0, 0.05) is 18.3 Å². The van der Waals surface area contributed by atoms with E-state index in [2.05, 4.69) is 24.5 Å². The zero-order valence-electron chi connectivity index (χ0n) is 12.1. The Bertz CT molecular complexity index is 570. The van der Waals surface area contributed by atoms with Crippen molar-refractivity contribution in [3.63, 3.8) is 0 Å². The molecule has 0 saturated carbocycles. The van der Waals surface area contributed by atoms with Crippen molar-refractivity contribution in [3.8, 4) is 0 Å². The van der Waals surface area contributed by atoms with E-state index in [1.54, 1.807) is 6.07 Å². The van der Waals surface area contributed by atoms with Crippen LogP contribution in [0.15, 0.2) is 41.0 Å². The van der Waals surface area contributed by atoms with Gasteiger partial charge in [0.1, 0.15) is 12.0 Å². The van der Waals surface area contributed by atoms with Crippen LogP contribution in [0, 0.1) is 6.92 Å². The molecule has 0 bridgehead atoms. The van der Waals surface area contributed by atoms with Crippen molar-refractivity contribution in [2.75, 3.05) is 5.32 Å². The quantitative estimate of drug-likeness (QED) is 0.877. The molecule has 1 heterocycles. The molecular formula is C16H20N2O2. The first-order chi connectivity index (χ1) is 9.54. The van der Waals surface area contributed by atoms with Gasteiger partial charge in [-0.15, -0.1) is 0 Å². The smallest absolute Gasteiger partial charge is 0.258 e. The largest absolute Gasteiger partial charge is 0.469 e. The van der Waals surface area contributed by atoms with E-state index in [0.29, 0.717) is 11.6 Å². The van der Waals surface area contributed by atoms with Gasteiger partial charge in [0.15, 0.2) is 0 Å². The fraction of sp³-hybridized carbons (Fsp3) is 0.312. The Kier molecular flexibility index (Phi) is 4.58. The number of carbonyl (C=O) groups is 1. The van der Waals surface area contributed by atoms with E-state index in [0.717, 1.165) is 18.0 Å². The predicted molar refractivity (Wildman–Crippen MR) is 79.8 cm³/mol. The molecule has 1 aromatic carbocycles. The number of amides is 1. The molecule has 20 heavy (non-hydrogen) atoms. The third kappa shape index (κ3) is 3.96. The van der Waals surface area contributed by atoms with E-state index in [9.17, 15) is 4.79 Å². The van der Waals surface area contributed by atoms with Crippen LogP contribution in [-0.4, -0.2) is 11.9 Å². The first-order valence-corrected chi connectivity index (χ1v) is 6.73. The molecule has 0 unspecified atom stereocenters. The number of aryl methyl sites for hydroxylation is 1. The molecule has 2 rings (SSSR count). The number of furan rings is 1. The van der Waals surface area contributed by atoms with Gasteiger partial charge in [-0.05, 0) is 30.7 Å². The van der Waals surface area contributed by atoms with Crippen LogP contribution in [-0.2, 0) is 6.54 Å². The Balaban J connectivity index is 1.95. The maximum atomic E-state index is 11.9. The topological polar surface area (TPSA) is 54.3 Å². The molecule has 0 saturated heterocycles. The monoisotopic (exact) mass is 272 g/mol. The first kappa shape index (κ1) is 14.3. The molecule has 106 valence electrons. The normalized spacial score (nSPS) is 10.8. The van der Waals surface area contributed by atoms with Crippen LogP contribution in [0.5, 0.6) is 0 Å². The molecule has 0 spiro atoms. The molecule has 0 radical (unpaired) electrons. The summed E-state index contributed by atoms with van der Waals surface area (Å²) in [6.45, 7) is 6.86. The van der Waals surface area contributed by atoms with Gasteiger partial charge in [-0.3, -0.25) is 4.79 Å². The minimum Gasteiger partial charge on any atom is -0.469 e. The van der Waals surface area contributed by atoms with Crippen LogP contribution in [0.3, 0.4) is 0 Å². The van der Waals surface area contributed by atoms with Crippen LogP contribution >= 0.6 is 0 Å². The lowest BCUT2D eigenvalue weighted by Crippen LogP contribution is -2.21. The van der Waals surface area contributed by atoms with Gasteiger partial charge < -0.3 is 15.1 Å². The van der Waals surface area contributed by atoms with E-state index < -0.39 is 0 Å². The van der Waals surface area contributed by atoms with Gasteiger partial charge in [0.25, 0.3) is 5.91 Å². The van der Waals surface area contributed by atoms with Crippen LogP contribution in [0.4, 0.5) is 5.69 Å². The summed E-state index contributed by atoms with van der Waals surface area (Å²) in [6.07, 6.45) is 1.46. The van der Waals surface area contributed by atoms with Gasteiger partial charge >= 0.3 is 0 Å². The van der Waals surface area contributed by atoms with Gasteiger partial charge in [0.2, 0.25) is 0 Å². The molecule has 0 aliphatic rings. The number of rotatable bonds is 5. The highest BCUT2D eigenvalue weighted by Gasteiger charge is 2.08. The maximum Gasteiger partial charge on any atom is 0.258 e. The van der Waals surface area contributed by atoms with Gasteiger partial charge in [0.05, 0.1) is 5.56 Å². The van der Waals surface area contributed by atoms with E-state index >= 15 is 0 Å². The van der Waals surface area contributed by atoms with Crippen molar-refractivity contribution in [2.45, 2.75) is 33.4 Å². The Morgan fingerprint density at radius 3 is 2.50 bits per heavy atom. The van der Waals surface area contributed by atoms with Crippen LogP contribution in [0.2, 0.25) is 0 Å². The predicted octanol–water partition coefficient (Wildman–Crippen LogP) is 3.34. The number of carbonyl (C=O) groups excluding carboxylic acids is 1. The molecule has 2 aromatic rings. The van der Waals surface area contributed by atoms with Crippen molar-refractivity contribution in [3.05, 3.63) is 53.5 Å². The Hall–Kier alpha value is -2.07. The van der Waals surface area contributed by atoms with E-state index in [1.807, 2.05) is 31.2 Å². The van der Waals surface area contributed by atoms with Crippen molar-refractivity contribution in [2.24, 2.45) is 0 Å². The highest BCUT2D eigenvalue weighted by atomic mass is 16.3. The fourth-order valence-electron chi connectivity index (χ4n) is 1.79. The molecule has 0 fully saturated rings. The maximum absolute atomic E-state index is 11.9. The van der Waals surface area contributed by atoms with Crippen LogP contribution in [0.25, 0.3) is 0 Å². The highest BCUT2D eigenvalue weighted by Crippen LogP contribution is 2.13. The average Bonchev–Trinajstić information content (AvgIpc) is 2.85. The molecule has 0 aliphatic carbocycles. The van der Waals surface area contributed by atoms with Gasteiger partial charge in [-0.2, -0.15) is 0 Å². The summed E-state index contributed by atoms with van der Waals surface area (Å²) in [4.78, 5) is 11.9. The fourth-order valence-corrected chi connectivity index (χ4v) is 1.79. The van der Waals surface area contributed by atoms with Gasteiger partial charge in [-0.25, -0.2) is 0 Å². The summed E-state index contributed by atoms with van der Waals surface area (Å²) >= 11 is 0. The van der Waals surface area contributed by atoms with E-state index in [1.165, 1.54) is 11.8 Å². The second kappa shape index (κ2) is 6.39. The zero-order valence-corrected chi connectivity index (χ0v) is 12.1. The van der Waals surface area contributed by atoms with Crippen LogP contribution < -0.4 is 10.6 Å². The Morgan fingerprint density at radius 2 is 1.95 bits per heavy atom. The lowest BCUT2D eigenvalue weighted by molar-refractivity contribution is 0.102. The number of hydrogen-bond donors (Lipinski definition) is 2. The second-order valence-corrected chi connectivity index (χ2v) is 5.13. The summed E-state index contributed by atoms with van der Waals surface area (Å²) in [7, 11) is 0. The summed E-state index contributed by atoms with van der Waals surface area (Å²) in [5.41, 5.74) is 2.51. The molecule has 0 aliphatic heterocycles. The third-order valence-electron chi connectivity index (χ3n) is 2.92. The second-order valence-electron chi connectivity index (χ2n) is 5.13. The molecule has 2 N–H and O–H groups in total. The molecule has 4 heteroatoms. The van der Waals surface area contributed by atoms with Gasteiger partial charge in [-0.1, -0.05) is 26.0 Å². The van der Waals surface area contributed by atoms with Crippen LogP contribution in [0.1, 0.15) is 35.5 Å². The van der Waals surface area contributed by atoms with E-state index in [4.69, 9.17) is 4.42 Å². The number of nitrogens with one attached hydrogen (secondary N) is 2. The lowest BCUT2D eigenvalue weighted by Gasteiger charge is -2.09. The van der Waals surface area contributed by atoms with Crippen molar-refractivity contribution in [1.29, 1.82) is 0 Å². The minimum absolute atomic E-state index is 0.157. The number of benzene rings is 1. The molecule has 1 amide bonds. The van der Waals surface area contributed by atoms with Crippen molar-refractivity contribution >= 4 is 11.6 Å². The summed E-state index contributed by atoms with van der Waals surface area (Å²) in [5, 5.41) is 6.20. The molecule has 1 aromatic heterocycles. The molecule has 0 atom stereocenters. The van der Waals surface area contributed by atoms with Crippen molar-refractivity contribution in [1.82, 2.24) is 5.32 Å². The number of anilines is 1. The first-order valence-electron chi connectivity index (χ1n) is 6.73. The minimum atomic E-state index is -0.157.